The largest absolute Gasteiger partial charge is 0.463 e. The zero-order valence-corrected chi connectivity index (χ0v) is 12.3. The molecule has 0 amide bonds. The number of nitrogens with zero attached hydrogens (tertiary/aromatic N) is 1. The lowest BCUT2D eigenvalue weighted by Crippen LogP contribution is -2.06. The number of carbonyl (C=O) groups excluding carboxylic acids is 1. The summed E-state index contributed by atoms with van der Waals surface area (Å²) in [4.78, 5) is 11.4. The van der Waals surface area contributed by atoms with Gasteiger partial charge in [-0.1, -0.05) is 11.6 Å². The first kappa shape index (κ1) is 14.9. The van der Waals surface area contributed by atoms with Gasteiger partial charge in [0.05, 0.1) is 35.5 Å². The number of anilines is 1. The molecule has 6 heteroatoms. The maximum atomic E-state index is 11.4. The molecule has 0 aliphatic rings. The van der Waals surface area contributed by atoms with E-state index >= 15 is 0 Å². The molecule has 0 fully saturated rings. The van der Waals surface area contributed by atoms with Crippen LogP contribution in [0.3, 0.4) is 0 Å². The van der Waals surface area contributed by atoms with E-state index in [0.29, 0.717) is 22.0 Å². The van der Waals surface area contributed by atoms with E-state index in [1.54, 1.807) is 30.3 Å². The van der Waals surface area contributed by atoms with Gasteiger partial charge in [-0.25, -0.2) is 4.79 Å². The van der Waals surface area contributed by atoms with E-state index in [9.17, 15) is 4.79 Å². The van der Waals surface area contributed by atoms with Gasteiger partial charge in [0.15, 0.2) is 0 Å². The molecule has 1 N–H and O–H groups in total. The van der Waals surface area contributed by atoms with Gasteiger partial charge in [-0.3, -0.25) is 0 Å². The van der Waals surface area contributed by atoms with Crippen molar-refractivity contribution in [3.8, 4) is 6.07 Å². The molecule has 0 aliphatic carbocycles. The van der Waals surface area contributed by atoms with Gasteiger partial charge in [-0.2, -0.15) is 5.26 Å². The van der Waals surface area contributed by atoms with Gasteiger partial charge >= 0.3 is 5.97 Å². The number of hydrogen-bond donors (Lipinski definition) is 1. The number of ether oxygens (including phenoxy) is 1. The van der Waals surface area contributed by atoms with E-state index in [1.807, 2.05) is 6.92 Å². The molecule has 0 saturated carbocycles. The molecule has 2 rings (SSSR count). The van der Waals surface area contributed by atoms with Crippen molar-refractivity contribution in [2.24, 2.45) is 0 Å². The highest BCUT2D eigenvalue weighted by Gasteiger charge is 2.16. The van der Waals surface area contributed by atoms with E-state index in [0.717, 1.165) is 0 Å². The predicted octanol–water partition coefficient (Wildman–Crippen LogP) is 3.76. The number of nitrogens with one attached hydrogen (secondary N) is 1. The molecule has 0 radical (unpaired) electrons. The standard InChI is InChI=1S/C15H13ClN2O3/c1-9(13-5-6-14(21-13)15(19)20-2)18-12-7-10(8-17)3-4-11(12)16/h3-7,9,18H,1-2H3. The molecule has 108 valence electrons. The number of furan rings is 1. The molecule has 1 atom stereocenters. The van der Waals surface area contributed by atoms with Crippen molar-refractivity contribution >= 4 is 23.3 Å². The third-order valence-corrected chi connectivity index (χ3v) is 3.24. The molecule has 0 aliphatic heterocycles. The number of carbonyl (C=O) groups is 1. The first-order valence-electron chi connectivity index (χ1n) is 6.19. The van der Waals surface area contributed by atoms with Gasteiger partial charge in [0.25, 0.3) is 0 Å². The Morgan fingerprint density at radius 2 is 2.19 bits per heavy atom. The van der Waals surface area contributed by atoms with E-state index in [-0.39, 0.29) is 11.8 Å². The Hall–Kier alpha value is -2.45. The molecule has 0 saturated heterocycles. The molecule has 0 bridgehead atoms. The summed E-state index contributed by atoms with van der Waals surface area (Å²) in [6, 6.07) is 10.0. The Bertz CT molecular complexity index is 703. The Labute approximate surface area is 127 Å². The Morgan fingerprint density at radius 3 is 2.86 bits per heavy atom. The van der Waals surface area contributed by atoms with Crippen molar-refractivity contribution in [1.82, 2.24) is 0 Å². The van der Waals surface area contributed by atoms with Crippen LogP contribution in [0.15, 0.2) is 34.7 Å². The van der Waals surface area contributed by atoms with Crippen LogP contribution in [0.25, 0.3) is 0 Å². The Balaban J connectivity index is 2.18. The van der Waals surface area contributed by atoms with Crippen LogP contribution in [0.5, 0.6) is 0 Å². The second-order valence-electron chi connectivity index (χ2n) is 4.37. The third-order valence-electron chi connectivity index (χ3n) is 2.91. The second kappa shape index (κ2) is 6.33. The van der Waals surface area contributed by atoms with Crippen LogP contribution in [-0.4, -0.2) is 13.1 Å². The molecule has 0 spiro atoms. The van der Waals surface area contributed by atoms with Crippen molar-refractivity contribution in [2.75, 3.05) is 12.4 Å². The molecule has 1 aromatic heterocycles. The molecule has 5 nitrogen and oxygen atoms in total. The number of nitriles is 1. The third kappa shape index (κ3) is 3.36. The van der Waals surface area contributed by atoms with Gasteiger partial charge in [0, 0.05) is 0 Å². The highest BCUT2D eigenvalue weighted by molar-refractivity contribution is 6.33. The number of hydrogen-bond acceptors (Lipinski definition) is 5. The average Bonchev–Trinajstić information content (AvgIpc) is 2.98. The molecule has 1 heterocycles. The van der Waals surface area contributed by atoms with E-state index < -0.39 is 5.97 Å². The minimum atomic E-state index is -0.530. The molecule has 1 unspecified atom stereocenters. The summed E-state index contributed by atoms with van der Waals surface area (Å²) in [5.74, 6) is 0.171. The predicted molar refractivity (Wildman–Crippen MR) is 78.3 cm³/mol. The van der Waals surface area contributed by atoms with Crippen LogP contribution in [-0.2, 0) is 4.74 Å². The summed E-state index contributed by atoms with van der Waals surface area (Å²) in [5.41, 5.74) is 1.13. The summed E-state index contributed by atoms with van der Waals surface area (Å²) in [6.45, 7) is 1.86. The second-order valence-corrected chi connectivity index (χ2v) is 4.77. The lowest BCUT2D eigenvalue weighted by Gasteiger charge is -2.14. The van der Waals surface area contributed by atoms with Crippen molar-refractivity contribution in [3.05, 3.63) is 52.4 Å². The lowest BCUT2D eigenvalue weighted by molar-refractivity contribution is 0.0562. The van der Waals surface area contributed by atoms with Gasteiger partial charge < -0.3 is 14.5 Å². The van der Waals surface area contributed by atoms with E-state index in [2.05, 4.69) is 16.1 Å². The number of methoxy groups -OCH3 is 1. The fraction of sp³-hybridized carbons (Fsp3) is 0.200. The zero-order valence-electron chi connectivity index (χ0n) is 11.5. The van der Waals surface area contributed by atoms with Crippen LogP contribution < -0.4 is 5.32 Å². The number of benzene rings is 1. The Kier molecular flexibility index (Phi) is 4.51. The van der Waals surface area contributed by atoms with Gasteiger partial charge in [-0.15, -0.1) is 0 Å². The van der Waals surface area contributed by atoms with Crippen LogP contribution in [0.2, 0.25) is 5.02 Å². The first-order valence-corrected chi connectivity index (χ1v) is 6.57. The van der Waals surface area contributed by atoms with Crippen molar-refractivity contribution in [2.45, 2.75) is 13.0 Å². The maximum absolute atomic E-state index is 11.4. The molecule has 1 aromatic carbocycles. The highest BCUT2D eigenvalue weighted by Crippen LogP contribution is 2.28. The number of esters is 1. The summed E-state index contributed by atoms with van der Waals surface area (Å²) >= 11 is 6.09. The fourth-order valence-electron chi connectivity index (χ4n) is 1.81. The normalized spacial score (nSPS) is 11.5. The maximum Gasteiger partial charge on any atom is 0.373 e. The first-order chi connectivity index (χ1) is 10.0. The molecule has 21 heavy (non-hydrogen) atoms. The highest BCUT2D eigenvalue weighted by atomic mass is 35.5. The smallest absolute Gasteiger partial charge is 0.373 e. The minimum absolute atomic E-state index is 0.137. The summed E-state index contributed by atoms with van der Waals surface area (Å²) in [5, 5.41) is 12.5. The summed E-state index contributed by atoms with van der Waals surface area (Å²) < 4.78 is 10.0. The van der Waals surface area contributed by atoms with Crippen LogP contribution >= 0.6 is 11.6 Å². The van der Waals surface area contributed by atoms with Crippen LogP contribution in [0.4, 0.5) is 5.69 Å². The zero-order chi connectivity index (χ0) is 15.4. The van der Waals surface area contributed by atoms with Gasteiger partial charge in [-0.05, 0) is 37.3 Å². The Morgan fingerprint density at radius 1 is 1.43 bits per heavy atom. The van der Waals surface area contributed by atoms with Crippen molar-refractivity contribution in [3.63, 3.8) is 0 Å². The SMILES string of the molecule is COC(=O)c1ccc(C(C)Nc2cc(C#N)ccc2Cl)o1. The average molecular weight is 305 g/mol. The van der Waals surface area contributed by atoms with E-state index in [1.165, 1.54) is 7.11 Å². The fourth-order valence-corrected chi connectivity index (χ4v) is 1.98. The van der Waals surface area contributed by atoms with Gasteiger partial charge in [0.2, 0.25) is 5.76 Å². The molecular formula is C15H13ClN2O3. The monoisotopic (exact) mass is 304 g/mol. The van der Waals surface area contributed by atoms with Crippen LogP contribution in [0, 0.1) is 11.3 Å². The molecular weight excluding hydrogens is 292 g/mol. The molecule has 2 aromatic rings. The van der Waals surface area contributed by atoms with Crippen LogP contribution in [0.1, 0.15) is 34.8 Å². The van der Waals surface area contributed by atoms with Crippen molar-refractivity contribution < 1.29 is 13.9 Å². The van der Waals surface area contributed by atoms with Crippen molar-refractivity contribution in [1.29, 1.82) is 5.26 Å². The number of rotatable bonds is 4. The topological polar surface area (TPSA) is 75.3 Å². The number of halogens is 1. The lowest BCUT2D eigenvalue weighted by atomic mass is 10.2. The summed E-state index contributed by atoms with van der Waals surface area (Å²) in [6.07, 6.45) is 0. The minimum Gasteiger partial charge on any atom is -0.463 e. The summed E-state index contributed by atoms with van der Waals surface area (Å²) in [7, 11) is 1.29. The van der Waals surface area contributed by atoms with Gasteiger partial charge in [0.1, 0.15) is 5.76 Å². The quantitative estimate of drug-likeness (QED) is 0.870. The van der Waals surface area contributed by atoms with E-state index in [4.69, 9.17) is 21.3 Å².